The molecule has 1 fully saturated rings. The van der Waals surface area contributed by atoms with E-state index >= 15 is 0 Å². The van der Waals surface area contributed by atoms with Crippen molar-refractivity contribution >= 4 is 21.9 Å². The molecule has 104 valence electrons. The Bertz CT molecular complexity index is 424. The number of nitrogens with zero attached hydrogens (tertiary/aromatic N) is 1. The average molecular weight is 326 g/mol. The maximum atomic E-state index is 11.2. The molecule has 1 saturated heterocycles. The van der Waals surface area contributed by atoms with Gasteiger partial charge >= 0.3 is 5.97 Å². The van der Waals surface area contributed by atoms with E-state index in [0.29, 0.717) is 12.3 Å². The largest absolute Gasteiger partial charge is 0.480 e. The number of halogens is 1. The lowest BCUT2D eigenvalue weighted by Gasteiger charge is -2.35. The number of rotatable bonds is 4. The minimum absolute atomic E-state index is 0.314. The summed E-state index contributed by atoms with van der Waals surface area (Å²) in [5.41, 5.74) is 1.37. The van der Waals surface area contributed by atoms with Crippen LogP contribution in [0.5, 0.6) is 0 Å². The number of carboxylic acids is 1. The van der Waals surface area contributed by atoms with Crippen LogP contribution < -0.4 is 0 Å². The van der Waals surface area contributed by atoms with Crippen molar-refractivity contribution in [1.29, 1.82) is 0 Å². The highest BCUT2D eigenvalue weighted by molar-refractivity contribution is 9.10. The van der Waals surface area contributed by atoms with Crippen molar-refractivity contribution in [3.63, 3.8) is 0 Å². The second kappa shape index (κ2) is 6.53. The summed E-state index contributed by atoms with van der Waals surface area (Å²) < 4.78 is 1.10. The van der Waals surface area contributed by atoms with Gasteiger partial charge in [-0.05, 0) is 56.0 Å². The number of hydrogen-bond acceptors (Lipinski definition) is 2. The fraction of sp³-hybridized carbons (Fsp3) is 0.533. The number of carboxylic acid groups (broad SMARTS) is 1. The standard InChI is InChI=1S/C15H20BrNO2/c1-2-14(15(18)19)17-9-7-12(8-10-17)11-3-5-13(16)6-4-11/h3-6,12,14H,2,7-10H2,1H3,(H,18,19). The van der Waals surface area contributed by atoms with Crippen LogP contribution in [0.4, 0.5) is 0 Å². The first-order valence-electron chi connectivity index (χ1n) is 6.84. The average Bonchev–Trinajstić information content (AvgIpc) is 2.41. The normalized spacial score (nSPS) is 19.3. The molecule has 1 atom stereocenters. The first-order valence-corrected chi connectivity index (χ1v) is 7.63. The number of benzene rings is 1. The zero-order valence-corrected chi connectivity index (χ0v) is 12.8. The van der Waals surface area contributed by atoms with Crippen molar-refractivity contribution in [3.05, 3.63) is 34.3 Å². The maximum Gasteiger partial charge on any atom is 0.320 e. The summed E-state index contributed by atoms with van der Waals surface area (Å²) in [5.74, 6) is -0.125. The predicted octanol–water partition coefficient (Wildman–Crippen LogP) is 3.49. The molecule has 1 N–H and O–H groups in total. The van der Waals surface area contributed by atoms with Crippen LogP contribution in [0.25, 0.3) is 0 Å². The zero-order chi connectivity index (χ0) is 13.8. The Morgan fingerprint density at radius 3 is 2.42 bits per heavy atom. The van der Waals surface area contributed by atoms with Crippen LogP contribution in [0.3, 0.4) is 0 Å². The van der Waals surface area contributed by atoms with E-state index in [0.717, 1.165) is 30.4 Å². The van der Waals surface area contributed by atoms with Crippen LogP contribution in [0.15, 0.2) is 28.7 Å². The molecule has 0 radical (unpaired) electrons. The summed E-state index contributed by atoms with van der Waals surface area (Å²) in [7, 11) is 0. The lowest BCUT2D eigenvalue weighted by Crippen LogP contribution is -2.44. The second-order valence-corrected chi connectivity index (χ2v) is 6.04. The van der Waals surface area contributed by atoms with Crippen LogP contribution in [-0.2, 0) is 4.79 Å². The van der Waals surface area contributed by atoms with Crippen LogP contribution in [-0.4, -0.2) is 35.1 Å². The minimum atomic E-state index is -0.690. The van der Waals surface area contributed by atoms with Gasteiger partial charge in [-0.15, -0.1) is 0 Å². The monoisotopic (exact) mass is 325 g/mol. The number of hydrogen-bond donors (Lipinski definition) is 1. The number of piperidine rings is 1. The molecule has 0 saturated carbocycles. The summed E-state index contributed by atoms with van der Waals surface area (Å²) in [6.45, 7) is 3.71. The Morgan fingerprint density at radius 1 is 1.37 bits per heavy atom. The van der Waals surface area contributed by atoms with Gasteiger partial charge in [0.15, 0.2) is 0 Å². The fourth-order valence-electron chi connectivity index (χ4n) is 2.87. The van der Waals surface area contributed by atoms with E-state index in [1.54, 1.807) is 0 Å². The second-order valence-electron chi connectivity index (χ2n) is 5.12. The van der Waals surface area contributed by atoms with Gasteiger partial charge in [-0.3, -0.25) is 9.69 Å². The van der Waals surface area contributed by atoms with E-state index in [1.807, 2.05) is 6.92 Å². The van der Waals surface area contributed by atoms with Crippen molar-refractivity contribution in [1.82, 2.24) is 4.90 Å². The molecule has 0 spiro atoms. The van der Waals surface area contributed by atoms with Gasteiger partial charge in [0.25, 0.3) is 0 Å². The molecule has 0 bridgehead atoms. The molecule has 0 aliphatic carbocycles. The lowest BCUT2D eigenvalue weighted by atomic mass is 9.89. The molecule has 1 unspecified atom stereocenters. The molecule has 3 nitrogen and oxygen atoms in total. The van der Waals surface area contributed by atoms with Gasteiger partial charge in [-0.2, -0.15) is 0 Å². The Hall–Kier alpha value is -0.870. The highest BCUT2D eigenvalue weighted by atomic mass is 79.9. The molecular formula is C15H20BrNO2. The first kappa shape index (κ1) is 14.5. The summed E-state index contributed by atoms with van der Waals surface area (Å²) >= 11 is 3.45. The van der Waals surface area contributed by atoms with Crippen molar-refractivity contribution in [2.45, 2.75) is 38.1 Å². The summed E-state index contributed by atoms with van der Waals surface area (Å²) in [6, 6.07) is 8.17. The third kappa shape index (κ3) is 3.57. The highest BCUT2D eigenvalue weighted by Gasteiger charge is 2.28. The number of carbonyl (C=O) groups is 1. The SMILES string of the molecule is CCC(C(=O)O)N1CCC(c2ccc(Br)cc2)CC1. The highest BCUT2D eigenvalue weighted by Crippen LogP contribution is 2.30. The Morgan fingerprint density at radius 2 is 1.95 bits per heavy atom. The van der Waals surface area contributed by atoms with Crippen LogP contribution in [0, 0.1) is 0 Å². The number of aliphatic carboxylic acids is 1. The van der Waals surface area contributed by atoms with E-state index in [4.69, 9.17) is 0 Å². The van der Waals surface area contributed by atoms with Crippen LogP contribution >= 0.6 is 15.9 Å². The molecule has 1 aromatic rings. The smallest absolute Gasteiger partial charge is 0.320 e. The topological polar surface area (TPSA) is 40.5 Å². The zero-order valence-electron chi connectivity index (χ0n) is 11.2. The summed E-state index contributed by atoms with van der Waals surface area (Å²) in [6.07, 6.45) is 2.77. The van der Waals surface area contributed by atoms with Gasteiger partial charge < -0.3 is 5.11 Å². The third-order valence-corrected chi connectivity index (χ3v) is 4.51. The molecule has 2 rings (SSSR count). The molecule has 0 aromatic heterocycles. The molecule has 19 heavy (non-hydrogen) atoms. The lowest BCUT2D eigenvalue weighted by molar-refractivity contribution is -0.143. The Labute approximate surface area is 122 Å². The molecule has 1 heterocycles. The van der Waals surface area contributed by atoms with Gasteiger partial charge in [-0.1, -0.05) is 35.0 Å². The molecular weight excluding hydrogens is 306 g/mol. The summed E-state index contributed by atoms with van der Waals surface area (Å²) in [4.78, 5) is 13.3. The van der Waals surface area contributed by atoms with E-state index in [2.05, 4.69) is 45.1 Å². The Kier molecular flexibility index (Phi) is 4.99. The molecule has 0 amide bonds. The van der Waals surface area contributed by atoms with Crippen molar-refractivity contribution in [3.8, 4) is 0 Å². The van der Waals surface area contributed by atoms with Gasteiger partial charge in [-0.25, -0.2) is 0 Å². The molecule has 4 heteroatoms. The first-order chi connectivity index (χ1) is 9.11. The van der Waals surface area contributed by atoms with E-state index < -0.39 is 5.97 Å². The quantitative estimate of drug-likeness (QED) is 0.921. The van der Waals surface area contributed by atoms with E-state index in [-0.39, 0.29) is 6.04 Å². The molecule has 1 aliphatic heterocycles. The fourth-order valence-corrected chi connectivity index (χ4v) is 3.13. The van der Waals surface area contributed by atoms with Crippen molar-refractivity contribution in [2.24, 2.45) is 0 Å². The maximum absolute atomic E-state index is 11.2. The van der Waals surface area contributed by atoms with E-state index in [9.17, 15) is 9.90 Å². The van der Waals surface area contributed by atoms with Crippen molar-refractivity contribution < 1.29 is 9.90 Å². The van der Waals surface area contributed by atoms with Crippen LogP contribution in [0.2, 0.25) is 0 Å². The minimum Gasteiger partial charge on any atom is -0.480 e. The van der Waals surface area contributed by atoms with Gasteiger partial charge in [0.2, 0.25) is 0 Å². The van der Waals surface area contributed by atoms with Gasteiger partial charge in [0, 0.05) is 4.47 Å². The van der Waals surface area contributed by atoms with Crippen molar-refractivity contribution in [2.75, 3.05) is 13.1 Å². The molecule has 1 aliphatic rings. The van der Waals surface area contributed by atoms with Crippen LogP contribution in [0.1, 0.15) is 37.7 Å². The summed E-state index contributed by atoms with van der Waals surface area (Å²) in [5, 5.41) is 9.19. The van der Waals surface area contributed by atoms with Gasteiger partial charge in [0.05, 0.1) is 0 Å². The predicted molar refractivity (Wildman–Crippen MR) is 79.4 cm³/mol. The Balaban J connectivity index is 1.95. The van der Waals surface area contributed by atoms with Gasteiger partial charge in [0.1, 0.15) is 6.04 Å². The number of likely N-dealkylation sites (tertiary alicyclic amines) is 1. The third-order valence-electron chi connectivity index (χ3n) is 3.98. The van der Waals surface area contributed by atoms with E-state index in [1.165, 1.54) is 5.56 Å². The molecule has 1 aromatic carbocycles.